The highest BCUT2D eigenvalue weighted by Gasteiger charge is 2.04. The number of hydrogen-bond acceptors (Lipinski definition) is 1. The Hall–Kier alpha value is -2.09. The van der Waals surface area contributed by atoms with Gasteiger partial charge in [0.25, 0.3) is 0 Å². The summed E-state index contributed by atoms with van der Waals surface area (Å²) in [6, 6.07) is 12.7. The van der Waals surface area contributed by atoms with Crippen molar-refractivity contribution < 1.29 is 4.79 Å². The van der Waals surface area contributed by atoms with E-state index in [-0.39, 0.29) is 5.91 Å². The van der Waals surface area contributed by atoms with Gasteiger partial charge in [0.05, 0.1) is 6.42 Å². The molecule has 2 rings (SSSR count). The van der Waals surface area contributed by atoms with E-state index in [2.05, 4.69) is 63.3 Å². The molecule has 0 bridgehead atoms. The number of amides is 1. The maximum atomic E-state index is 12.0. The van der Waals surface area contributed by atoms with Gasteiger partial charge in [0.1, 0.15) is 0 Å². The zero-order chi connectivity index (χ0) is 16.1. The summed E-state index contributed by atoms with van der Waals surface area (Å²) in [5.74, 6) is 0.0899. The van der Waals surface area contributed by atoms with E-state index in [1.165, 1.54) is 27.8 Å². The Kier molecular flexibility index (Phi) is 5.37. The minimum Gasteiger partial charge on any atom is -0.355 e. The molecule has 0 atom stereocenters. The second kappa shape index (κ2) is 7.26. The van der Waals surface area contributed by atoms with Crippen molar-refractivity contribution in [3.63, 3.8) is 0 Å². The summed E-state index contributed by atoms with van der Waals surface area (Å²) < 4.78 is 0. The first kappa shape index (κ1) is 16.3. The molecule has 0 aliphatic carbocycles. The van der Waals surface area contributed by atoms with E-state index in [9.17, 15) is 4.79 Å². The number of carbonyl (C=O) groups excluding carboxylic acids is 1. The number of rotatable bonds is 5. The largest absolute Gasteiger partial charge is 0.355 e. The molecule has 0 spiro atoms. The van der Waals surface area contributed by atoms with Gasteiger partial charge in [-0.3, -0.25) is 4.79 Å². The number of aryl methyl sites for hydroxylation is 4. The topological polar surface area (TPSA) is 29.1 Å². The average Bonchev–Trinajstić information content (AvgIpc) is 2.47. The van der Waals surface area contributed by atoms with Crippen molar-refractivity contribution in [2.75, 3.05) is 6.54 Å². The predicted octanol–water partition coefficient (Wildman–Crippen LogP) is 3.82. The molecule has 0 heterocycles. The van der Waals surface area contributed by atoms with Crippen molar-refractivity contribution in [2.24, 2.45) is 0 Å². The molecule has 0 aliphatic rings. The molecule has 0 saturated carbocycles. The van der Waals surface area contributed by atoms with E-state index in [1.54, 1.807) is 0 Å². The fraction of sp³-hybridized carbons (Fsp3) is 0.350. The van der Waals surface area contributed by atoms with Crippen molar-refractivity contribution in [2.45, 2.75) is 40.5 Å². The maximum absolute atomic E-state index is 12.0. The van der Waals surface area contributed by atoms with E-state index in [4.69, 9.17) is 0 Å². The standard InChI is InChI=1S/C20H25NO/c1-14-5-7-18(11-16(14)3)9-10-21-20(22)13-19-8-6-15(2)17(4)12-19/h5-8,11-12H,9-10,13H2,1-4H3,(H,21,22). The summed E-state index contributed by atoms with van der Waals surface area (Å²) in [4.78, 5) is 12.0. The van der Waals surface area contributed by atoms with Gasteiger partial charge in [-0.2, -0.15) is 0 Å². The van der Waals surface area contributed by atoms with E-state index in [1.807, 2.05) is 6.07 Å². The fourth-order valence-corrected chi connectivity index (χ4v) is 2.47. The molecule has 2 heteroatoms. The molecule has 0 saturated heterocycles. The second-order valence-electron chi connectivity index (χ2n) is 6.11. The first-order valence-electron chi connectivity index (χ1n) is 7.84. The van der Waals surface area contributed by atoms with Crippen LogP contribution in [-0.4, -0.2) is 12.5 Å². The second-order valence-corrected chi connectivity index (χ2v) is 6.11. The maximum Gasteiger partial charge on any atom is 0.224 e. The molecule has 2 aromatic rings. The van der Waals surface area contributed by atoms with Gasteiger partial charge in [-0.05, 0) is 67.5 Å². The summed E-state index contributed by atoms with van der Waals surface area (Å²) in [5, 5.41) is 3.01. The Balaban J connectivity index is 1.82. The van der Waals surface area contributed by atoms with Crippen LogP contribution in [0.1, 0.15) is 33.4 Å². The molecule has 2 aromatic carbocycles. The Morgan fingerprint density at radius 2 is 1.36 bits per heavy atom. The number of carbonyl (C=O) groups is 1. The minimum atomic E-state index is 0.0899. The van der Waals surface area contributed by atoms with Crippen LogP contribution in [0.3, 0.4) is 0 Å². The lowest BCUT2D eigenvalue weighted by molar-refractivity contribution is -0.120. The van der Waals surface area contributed by atoms with Gasteiger partial charge >= 0.3 is 0 Å². The van der Waals surface area contributed by atoms with E-state index >= 15 is 0 Å². The summed E-state index contributed by atoms with van der Waals surface area (Å²) >= 11 is 0. The highest BCUT2D eigenvalue weighted by molar-refractivity contribution is 5.78. The van der Waals surface area contributed by atoms with E-state index in [0.717, 1.165) is 12.0 Å². The highest BCUT2D eigenvalue weighted by atomic mass is 16.1. The summed E-state index contributed by atoms with van der Waals surface area (Å²) in [5.41, 5.74) is 7.46. The van der Waals surface area contributed by atoms with Crippen LogP contribution in [0.5, 0.6) is 0 Å². The lowest BCUT2D eigenvalue weighted by atomic mass is 10.0. The molecule has 1 N–H and O–H groups in total. The van der Waals surface area contributed by atoms with Gasteiger partial charge in [-0.1, -0.05) is 36.4 Å². The first-order valence-corrected chi connectivity index (χ1v) is 7.84. The van der Waals surface area contributed by atoms with Crippen LogP contribution in [0.2, 0.25) is 0 Å². The van der Waals surface area contributed by atoms with Gasteiger partial charge in [-0.15, -0.1) is 0 Å². The van der Waals surface area contributed by atoms with Crippen LogP contribution >= 0.6 is 0 Å². The van der Waals surface area contributed by atoms with Crippen LogP contribution in [0.4, 0.5) is 0 Å². The SMILES string of the molecule is Cc1ccc(CCNC(=O)Cc2ccc(C)c(C)c2)cc1C. The van der Waals surface area contributed by atoms with Crippen molar-refractivity contribution >= 4 is 5.91 Å². The van der Waals surface area contributed by atoms with Gasteiger partial charge in [0, 0.05) is 6.54 Å². The number of hydrogen-bond donors (Lipinski definition) is 1. The van der Waals surface area contributed by atoms with Crippen LogP contribution in [-0.2, 0) is 17.6 Å². The quantitative estimate of drug-likeness (QED) is 0.892. The lowest BCUT2D eigenvalue weighted by Gasteiger charge is -2.08. The molecule has 0 fully saturated rings. The molecule has 1 amide bonds. The van der Waals surface area contributed by atoms with Crippen molar-refractivity contribution in [1.29, 1.82) is 0 Å². The Morgan fingerprint density at radius 1 is 0.818 bits per heavy atom. The predicted molar refractivity (Wildman–Crippen MR) is 92.2 cm³/mol. The van der Waals surface area contributed by atoms with Crippen LogP contribution in [0.25, 0.3) is 0 Å². The minimum absolute atomic E-state index is 0.0899. The third-order valence-electron chi connectivity index (χ3n) is 4.24. The summed E-state index contributed by atoms with van der Waals surface area (Å²) in [6.45, 7) is 9.09. The lowest BCUT2D eigenvalue weighted by Crippen LogP contribution is -2.27. The molecular weight excluding hydrogens is 270 g/mol. The fourth-order valence-electron chi connectivity index (χ4n) is 2.47. The van der Waals surface area contributed by atoms with Crippen LogP contribution < -0.4 is 5.32 Å². The van der Waals surface area contributed by atoms with Crippen molar-refractivity contribution in [3.8, 4) is 0 Å². The zero-order valence-electron chi connectivity index (χ0n) is 14.0. The molecule has 22 heavy (non-hydrogen) atoms. The third-order valence-corrected chi connectivity index (χ3v) is 4.24. The van der Waals surface area contributed by atoms with Crippen molar-refractivity contribution in [3.05, 3.63) is 69.8 Å². The molecular formula is C20H25NO. The van der Waals surface area contributed by atoms with Crippen LogP contribution in [0.15, 0.2) is 36.4 Å². The molecule has 0 aromatic heterocycles. The molecule has 116 valence electrons. The first-order chi connectivity index (χ1) is 10.5. The van der Waals surface area contributed by atoms with Gasteiger partial charge in [0.15, 0.2) is 0 Å². The van der Waals surface area contributed by atoms with E-state index < -0.39 is 0 Å². The molecule has 2 nitrogen and oxygen atoms in total. The normalized spacial score (nSPS) is 10.5. The van der Waals surface area contributed by atoms with Gasteiger partial charge in [-0.25, -0.2) is 0 Å². The van der Waals surface area contributed by atoms with E-state index in [0.29, 0.717) is 13.0 Å². The van der Waals surface area contributed by atoms with Gasteiger partial charge in [0.2, 0.25) is 5.91 Å². The average molecular weight is 295 g/mol. The monoisotopic (exact) mass is 295 g/mol. The van der Waals surface area contributed by atoms with Gasteiger partial charge < -0.3 is 5.32 Å². The van der Waals surface area contributed by atoms with Crippen molar-refractivity contribution in [1.82, 2.24) is 5.32 Å². The Morgan fingerprint density at radius 3 is 1.95 bits per heavy atom. The molecule has 0 radical (unpaired) electrons. The molecule has 0 aliphatic heterocycles. The third kappa shape index (κ3) is 4.45. The summed E-state index contributed by atoms with van der Waals surface area (Å²) in [7, 11) is 0. The number of nitrogens with one attached hydrogen (secondary N) is 1. The van der Waals surface area contributed by atoms with Crippen LogP contribution in [0, 0.1) is 27.7 Å². The zero-order valence-corrected chi connectivity index (χ0v) is 14.0. The number of benzene rings is 2. The Bertz CT molecular complexity index is 673. The summed E-state index contributed by atoms with van der Waals surface area (Å²) in [6.07, 6.45) is 1.33. The highest BCUT2D eigenvalue weighted by Crippen LogP contribution is 2.11. The smallest absolute Gasteiger partial charge is 0.224 e. The Labute approximate surface area is 133 Å². The molecule has 0 unspecified atom stereocenters.